The molecular formula is C18H22N3O5S+. The largest absolute Gasteiger partial charge is 0.477 e. The fourth-order valence-corrected chi connectivity index (χ4v) is 4.86. The number of carbonyl (C=O) groups excluding carboxylic acids is 2. The Kier molecular flexibility index (Phi) is 5.25. The molecule has 144 valence electrons. The van der Waals surface area contributed by atoms with Gasteiger partial charge in [-0.15, -0.1) is 11.8 Å². The molecule has 0 aliphatic carbocycles. The van der Waals surface area contributed by atoms with Crippen LogP contribution in [0.4, 0.5) is 0 Å². The van der Waals surface area contributed by atoms with Gasteiger partial charge in [0.05, 0.1) is 18.1 Å². The molecule has 1 aromatic heterocycles. The summed E-state index contributed by atoms with van der Waals surface area (Å²) in [6.07, 6.45) is 2.66. The monoisotopic (exact) mass is 392 g/mol. The summed E-state index contributed by atoms with van der Waals surface area (Å²) in [5, 5.41) is 19.5. The smallest absolute Gasteiger partial charge is 0.352 e. The van der Waals surface area contributed by atoms with E-state index in [2.05, 4.69) is 0 Å². The minimum Gasteiger partial charge on any atom is -0.477 e. The lowest BCUT2D eigenvalue weighted by Crippen LogP contribution is -2.63. The number of thioether (sulfide) groups is 1. The molecule has 27 heavy (non-hydrogen) atoms. The van der Waals surface area contributed by atoms with Crippen LogP contribution < -0.4 is 10.3 Å². The molecule has 3 heterocycles. The second-order valence-corrected chi connectivity index (χ2v) is 7.94. The summed E-state index contributed by atoms with van der Waals surface area (Å²) in [4.78, 5) is 37.2. The highest BCUT2D eigenvalue weighted by molar-refractivity contribution is 7.99. The summed E-state index contributed by atoms with van der Waals surface area (Å²) < 4.78 is 1.66. The van der Waals surface area contributed by atoms with Gasteiger partial charge in [-0.3, -0.25) is 9.59 Å². The van der Waals surface area contributed by atoms with Crippen LogP contribution in [0.25, 0.3) is 0 Å². The molecule has 1 aromatic rings. The van der Waals surface area contributed by atoms with E-state index in [-0.39, 0.29) is 30.1 Å². The molecule has 2 aliphatic heterocycles. The van der Waals surface area contributed by atoms with Gasteiger partial charge in [0, 0.05) is 28.7 Å². The number of hydrogen-bond donors (Lipinski definition) is 3. The number of aromatic nitrogens is 1. The molecule has 0 unspecified atom stereocenters. The van der Waals surface area contributed by atoms with Crippen LogP contribution in [0.15, 0.2) is 40.7 Å². The van der Waals surface area contributed by atoms with Crippen LogP contribution in [0.3, 0.4) is 0 Å². The van der Waals surface area contributed by atoms with Crippen molar-refractivity contribution in [2.24, 2.45) is 17.6 Å². The third-order valence-corrected chi connectivity index (χ3v) is 6.17. The van der Waals surface area contributed by atoms with Crippen LogP contribution in [-0.4, -0.2) is 50.8 Å². The van der Waals surface area contributed by atoms with E-state index in [1.54, 1.807) is 23.9 Å². The summed E-state index contributed by atoms with van der Waals surface area (Å²) in [6, 6.07) is 3.35. The lowest BCUT2D eigenvalue weighted by molar-refractivity contribution is -0.684. The Bertz CT molecular complexity index is 821. The molecule has 1 saturated heterocycles. The van der Waals surface area contributed by atoms with Crippen molar-refractivity contribution in [1.82, 2.24) is 4.90 Å². The molecule has 1 fully saturated rings. The van der Waals surface area contributed by atoms with Crippen LogP contribution in [-0.2, 0) is 20.9 Å². The third kappa shape index (κ3) is 3.44. The van der Waals surface area contributed by atoms with Crippen LogP contribution in [0.2, 0.25) is 0 Å². The number of rotatable bonds is 7. The lowest BCUT2D eigenvalue weighted by Gasteiger charge is -2.46. The molecule has 2 amide bonds. The fourth-order valence-electron chi connectivity index (χ4n) is 3.82. The molecule has 4 N–H and O–H groups in total. The Morgan fingerprint density at radius 1 is 1.37 bits per heavy atom. The molecule has 0 spiro atoms. The van der Waals surface area contributed by atoms with E-state index in [1.165, 1.54) is 16.7 Å². The molecule has 8 nitrogen and oxygen atoms in total. The standard InChI is InChI=1S/C18H21N3O5S/c1-9-12(8-27-11-3-5-20(6-4-11)7-13(19)23)16(18(25)26)21-15(9)14(10(2)22)17(21)24/h3-6,9-10,14-15,22H,7-8H2,1-2H3,(H2-,19,23,25,26)/p+1/t9-,10+,14+,15-/m0/s1. The molecule has 2 aliphatic rings. The number of carbonyl (C=O) groups is 3. The average Bonchev–Trinajstić information content (AvgIpc) is 2.82. The van der Waals surface area contributed by atoms with Crippen LogP contribution in [0.5, 0.6) is 0 Å². The maximum atomic E-state index is 12.3. The summed E-state index contributed by atoms with van der Waals surface area (Å²) in [6.45, 7) is 3.55. The zero-order valence-corrected chi connectivity index (χ0v) is 15.8. The second-order valence-electron chi connectivity index (χ2n) is 6.89. The van der Waals surface area contributed by atoms with Gasteiger partial charge in [0.2, 0.25) is 12.5 Å². The van der Waals surface area contributed by atoms with Crippen molar-refractivity contribution >= 4 is 29.5 Å². The second kappa shape index (κ2) is 7.32. The van der Waals surface area contributed by atoms with E-state index < -0.39 is 23.9 Å². The first-order valence-electron chi connectivity index (χ1n) is 8.60. The van der Waals surface area contributed by atoms with Gasteiger partial charge < -0.3 is 20.8 Å². The number of β-lactam (4-membered cyclic amide) rings is 1. The zero-order chi connectivity index (χ0) is 19.9. The first-order chi connectivity index (χ1) is 12.7. The number of pyridine rings is 1. The summed E-state index contributed by atoms with van der Waals surface area (Å²) in [5.41, 5.74) is 5.90. The van der Waals surface area contributed by atoms with Gasteiger partial charge >= 0.3 is 5.97 Å². The predicted molar refractivity (Wildman–Crippen MR) is 96.2 cm³/mol. The summed E-state index contributed by atoms with van der Waals surface area (Å²) >= 11 is 1.46. The van der Waals surface area contributed by atoms with E-state index in [9.17, 15) is 24.6 Å². The number of aliphatic hydroxyl groups is 1. The van der Waals surface area contributed by atoms with E-state index in [0.717, 1.165) is 4.90 Å². The van der Waals surface area contributed by atoms with E-state index in [4.69, 9.17) is 5.73 Å². The van der Waals surface area contributed by atoms with Gasteiger partial charge in [-0.1, -0.05) is 6.92 Å². The molecule has 3 rings (SSSR count). The van der Waals surface area contributed by atoms with Gasteiger partial charge in [0.15, 0.2) is 12.4 Å². The Balaban J connectivity index is 1.76. The van der Waals surface area contributed by atoms with Crippen molar-refractivity contribution in [2.45, 2.75) is 37.4 Å². The SMILES string of the molecule is C[C@@H](O)[C@H]1C(=O)N2C(C(=O)O)=C(CSc3cc[n+](CC(N)=O)cc3)[C@H](C)[C@@H]12. The minimum atomic E-state index is -1.12. The van der Waals surface area contributed by atoms with Crippen molar-refractivity contribution in [3.05, 3.63) is 35.8 Å². The number of primary amides is 1. The van der Waals surface area contributed by atoms with Crippen molar-refractivity contribution in [3.8, 4) is 0 Å². The van der Waals surface area contributed by atoms with Gasteiger partial charge in [-0.25, -0.2) is 4.79 Å². The lowest BCUT2D eigenvalue weighted by atomic mass is 9.78. The highest BCUT2D eigenvalue weighted by Gasteiger charge is 2.59. The van der Waals surface area contributed by atoms with Gasteiger partial charge in [-0.2, -0.15) is 4.57 Å². The Hall–Kier alpha value is -2.39. The highest BCUT2D eigenvalue weighted by atomic mass is 32.2. The molecule has 0 bridgehead atoms. The number of amides is 2. The molecule has 0 saturated carbocycles. The average molecular weight is 392 g/mol. The Morgan fingerprint density at radius 3 is 2.52 bits per heavy atom. The zero-order valence-electron chi connectivity index (χ0n) is 15.0. The first-order valence-corrected chi connectivity index (χ1v) is 9.58. The van der Waals surface area contributed by atoms with Crippen LogP contribution in [0.1, 0.15) is 13.8 Å². The van der Waals surface area contributed by atoms with Crippen molar-refractivity contribution < 1.29 is 29.2 Å². The van der Waals surface area contributed by atoms with Gasteiger partial charge in [0.25, 0.3) is 5.91 Å². The van der Waals surface area contributed by atoms with Crippen molar-refractivity contribution in [2.75, 3.05) is 5.75 Å². The maximum Gasteiger partial charge on any atom is 0.352 e. The summed E-state index contributed by atoms with van der Waals surface area (Å²) in [7, 11) is 0. The van der Waals surface area contributed by atoms with Crippen LogP contribution >= 0.6 is 11.8 Å². The molecule has 4 atom stereocenters. The van der Waals surface area contributed by atoms with E-state index >= 15 is 0 Å². The quantitative estimate of drug-likeness (QED) is 0.334. The van der Waals surface area contributed by atoms with Crippen LogP contribution in [0, 0.1) is 11.8 Å². The minimum absolute atomic E-state index is 0.0432. The predicted octanol–water partition coefficient (Wildman–Crippen LogP) is -0.252. The Morgan fingerprint density at radius 2 is 2.00 bits per heavy atom. The number of carboxylic acids is 1. The molecule has 9 heteroatoms. The number of carboxylic acid groups (broad SMARTS) is 1. The molecule has 0 radical (unpaired) electrons. The maximum absolute atomic E-state index is 12.3. The number of fused-ring (bicyclic) bond motifs is 1. The summed E-state index contributed by atoms with van der Waals surface area (Å²) in [5.74, 6) is -2.14. The van der Waals surface area contributed by atoms with Crippen molar-refractivity contribution in [3.63, 3.8) is 0 Å². The van der Waals surface area contributed by atoms with Crippen molar-refractivity contribution in [1.29, 1.82) is 0 Å². The number of nitrogens with two attached hydrogens (primary N) is 1. The van der Waals surface area contributed by atoms with Gasteiger partial charge in [-0.05, 0) is 12.5 Å². The van der Waals surface area contributed by atoms with Gasteiger partial charge in [0.1, 0.15) is 5.70 Å². The number of hydrogen-bond acceptors (Lipinski definition) is 5. The normalized spacial score (nSPS) is 25.2. The highest BCUT2D eigenvalue weighted by Crippen LogP contribution is 2.48. The molecular weight excluding hydrogens is 370 g/mol. The number of aliphatic carboxylic acids is 1. The molecule has 0 aromatic carbocycles. The fraction of sp³-hybridized carbons (Fsp3) is 0.444. The number of nitrogens with zero attached hydrogens (tertiary/aromatic N) is 2. The number of aliphatic hydroxyl groups excluding tert-OH is 1. The van der Waals surface area contributed by atoms with E-state index in [0.29, 0.717) is 11.3 Å². The first kappa shape index (κ1) is 19.4. The third-order valence-electron chi connectivity index (χ3n) is 5.11. The topological polar surface area (TPSA) is 125 Å². The van der Waals surface area contributed by atoms with E-state index in [1.807, 2.05) is 19.1 Å². The Labute approximate surface area is 160 Å².